The van der Waals surface area contributed by atoms with Crippen LogP contribution in [0.3, 0.4) is 0 Å². The largest absolute Gasteiger partial charge is 0.393 e. The summed E-state index contributed by atoms with van der Waals surface area (Å²) in [5.41, 5.74) is 6.93. The Bertz CT molecular complexity index is 501. The zero-order valence-corrected chi connectivity index (χ0v) is 15.0. The highest BCUT2D eigenvalue weighted by molar-refractivity contribution is 7.98. The van der Waals surface area contributed by atoms with Gasteiger partial charge in [-0.15, -0.1) is 11.3 Å². The van der Waals surface area contributed by atoms with E-state index in [1.807, 2.05) is 16.7 Å². The highest BCUT2D eigenvalue weighted by atomic mass is 32.2. The molecule has 1 aromatic rings. The van der Waals surface area contributed by atoms with Crippen LogP contribution in [-0.4, -0.2) is 34.6 Å². The van der Waals surface area contributed by atoms with E-state index < -0.39 is 0 Å². The fourth-order valence-electron chi connectivity index (χ4n) is 2.37. The van der Waals surface area contributed by atoms with Crippen molar-refractivity contribution in [3.8, 4) is 0 Å². The van der Waals surface area contributed by atoms with E-state index >= 15 is 0 Å². The Balaban J connectivity index is 2.12. The average molecular weight is 343 g/mol. The maximum Gasteiger partial charge on any atom is 0.263 e. The molecule has 21 heavy (non-hydrogen) atoms. The van der Waals surface area contributed by atoms with Crippen molar-refractivity contribution in [2.45, 2.75) is 32.4 Å². The minimum absolute atomic E-state index is 0.129. The zero-order valence-electron chi connectivity index (χ0n) is 12.6. The Labute approximate surface area is 140 Å². The number of hydrogen-bond acceptors (Lipinski definition) is 4. The van der Waals surface area contributed by atoms with Crippen molar-refractivity contribution in [3.63, 3.8) is 0 Å². The zero-order chi connectivity index (χ0) is 15.4. The Morgan fingerprint density at radius 3 is 2.90 bits per heavy atom. The molecule has 0 fully saturated rings. The third-order valence-corrected chi connectivity index (χ3v) is 5.78. The van der Waals surface area contributed by atoms with Gasteiger partial charge < -0.3 is 10.6 Å². The molecule has 0 aromatic carbocycles. The third kappa shape index (κ3) is 4.69. The Kier molecular flexibility index (Phi) is 6.08. The van der Waals surface area contributed by atoms with Crippen molar-refractivity contribution in [1.29, 1.82) is 0 Å². The first kappa shape index (κ1) is 16.8. The Hall–Kier alpha value is -0.590. The standard InChI is InChI=1S/C15H22N2OS3/c1-10(2)8-17(5-3-14(16)19)15(18)13-7-11-9-20-6-4-12(11)21-13/h7,10H,3-6,8-9H2,1-2H3,(H2,16,19). The number of hydrogen-bond donors (Lipinski definition) is 1. The summed E-state index contributed by atoms with van der Waals surface area (Å²) in [5, 5.41) is 0. The molecule has 1 aliphatic rings. The maximum absolute atomic E-state index is 12.8. The molecule has 6 heteroatoms. The fraction of sp³-hybridized carbons (Fsp3) is 0.600. The van der Waals surface area contributed by atoms with Crippen LogP contribution in [0, 0.1) is 5.92 Å². The van der Waals surface area contributed by atoms with Crippen molar-refractivity contribution in [2.24, 2.45) is 11.7 Å². The van der Waals surface area contributed by atoms with Crippen LogP contribution in [0.1, 0.15) is 40.4 Å². The fourth-order valence-corrected chi connectivity index (χ4v) is 4.80. The van der Waals surface area contributed by atoms with Gasteiger partial charge >= 0.3 is 0 Å². The van der Waals surface area contributed by atoms with Gasteiger partial charge in [0.2, 0.25) is 0 Å². The predicted molar refractivity (Wildman–Crippen MR) is 96.3 cm³/mol. The lowest BCUT2D eigenvalue weighted by atomic mass is 10.2. The van der Waals surface area contributed by atoms with Gasteiger partial charge in [0.25, 0.3) is 5.91 Å². The number of rotatable bonds is 6. The van der Waals surface area contributed by atoms with E-state index in [-0.39, 0.29) is 5.91 Å². The number of carbonyl (C=O) groups is 1. The van der Waals surface area contributed by atoms with Gasteiger partial charge in [-0.25, -0.2) is 0 Å². The molecular formula is C15H22N2OS3. The third-order valence-electron chi connectivity index (χ3n) is 3.34. The number of thioether (sulfide) groups is 1. The molecule has 116 valence electrons. The summed E-state index contributed by atoms with van der Waals surface area (Å²) in [6.07, 6.45) is 1.68. The molecular weight excluding hydrogens is 320 g/mol. The number of nitrogens with two attached hydrogens (primary N) is 1. The van der Waals surface area contributed by atoms with Gasteiger partial charge in [-0.05, 0) is 29.7 Å². The van der Waals surface area contributed by atoms with Crippen LogP contribution in [0.15, 0.2) is 6.07 Å². The van der Waals surface area contributed by atoms with Crippen LogP contribution < -0.4 is 5.73 Å². The molecule has 0 atom stereocenters. The molecule has 2 N–H and O–H groups in total. The summed E-state index contributed by atoms with van der Waals surface area (Å²) >= 11 is 8.55. The van der Waals surface area contributed by atoms with E-state index in [0.717, 1.165) is 29.3 Å². The molecule has 0 radical (unpaired) electrons. The molecule has 1 aliphatic heterocycles. The predicted octanol–water partition coefficient (Wildman–Crippen LogP) is 3.31. The molecule has 3 nitrogen and oxygen atoms in total. The lowest BCUT2D eigenvalue weighted by Gasteiger charge is -2.23. The van der Waals surface area contributed by atoms with Gasteiger partial charge in [0.1, 0.15) is 0 Å². The van der Waals surface area contributed by atoms with Gasteiger partial charge in [-0.2, -0.15) is 11.8 Å². The van der Waals surface area contributed by atoms with Gasteiger partial charge in [0, 0.05) is 30.1 Å². The van der Waals surface area contributed by atoms with Crippen LogP contribution in [-0.2, 0) is 12.2 Å². The SMILES string of the molecule is CC(C)CN(CCC(N)=S)C(=O)c1cc2c(s1)CCSC2. The second-order valence-electron chi connectivity index (χ2n) is 5.72. The van der Waals surface area contributed by atoms with Gasteiger partial charge in [-0.1, -0.05) is 26.1 Å². The van der Waals surface area contributed by atoms with Crippen LogP contribution in [0.25, 0.3) is 0 Å². The van der Waals surface area contributed by atoms with Crippen molar-refractivity contribution < 1.29 is 4.79 Å². The quantitative estimate of drug-likeness (QED) is 0.806. The van der Waals surface area contributed by atoms with Gasteiger partial charge in [0.15, 0.2) is 0 Å². The number of carbonyl (C=O) groups excluding carboxylic acids is 1. The lowest BCUT2D eigenvalue weighted by Crippen LogP contribution is -2.36. The summed E-state index contributed by atoms with van der Waals surface area (Å²) in [6, 6.07) is 2.09. The number of aryl methyl sites for hydroxylation is 1. The summed E-state index contributed by atoms with van der Waals surface area (Å²) < 4.78 is 0. The van der Waals surface area contributed by atoms with Crippen LogP contribution in [0.2, 0.25) is 0 Å². The normalized spacial score (nSPS) is 14.0. The summed E-state index contributed by atoms with van der Waals surface area (Å²) in [6.45, 7) is 5.61. The Morgan fingerprint density at radius 1 is 1.52 bits per heavy atom. The molecule has 0 aliphatic carbocycles. The number of fused-ring (bicyclic) bond motifs is 1. The molecule has 0 bridgehead atoms. The number of thiocarbonyl (C=S) groups is 1. The molecule has 0 spiro atoms. The topological polar surface area (TPSA) is 46.3 Å². The number of thiophene rings is 1. The average Bonchev–Trinajstić information content (AvgIpc) is 2.86. The van der Waals surface area contributed by atoms with E-state index in [1.165, 1.54) is 10.4 Å². The van der Waals surface area contributed by atoms with E-state index in [1.54, 1.807) is 11.3 Å². The van der Waals surface area contributed by atoms with E-state index in [9.17, 15) is 4.79 Å². The molecule has 1 amide bonds. The first-order chi connectivity index (χ1) is 9.97. The number of amides is 1. The maximum atomic E-state index is 12.8. The highest BCUT2D eigenvalue weighted by Crippen LogP contribution is 2.32. The van der Waals surface area contributed by atoms with E-state index in [2.05, 4.69) is 19.9 Å². The molecule has 1 aromatic heterocycles. The van der Waals surface area contributed by atoms with Crippen molar-refractivity contribution in [1.82, 2.24) is 4.90 Å². The highest BCUT2D eigenvalue weighted by Gasteiger charge is 2.22. The summed E-state index contributed by atoms with van der Waals surface area (Å²) in [5.74, 6) is 2.77. The first-order valence-electron chi connectivity index (χ1n) is 7.24. The van der Waals surface area contributed by atoms with Crippen LogP contribution >= 0.6 is 35.3 Å². The number of nitrogens with zero attached hydrogens (tertiary/aromatic N) is 1. The van der Waals surface area contributed by atoms with Crippen LogP contribution in [0.4, 0.5) is 0 Å². The summed E-state index contributed by atoms with van der Waals surface area (Å²) in [4.78, 5) is 17.4. The van der Waals surface area contributed by atoms with E-state index in [4.69, 9.17) is 18.0 Å². The molecule has 0 saturated carbocycles. The second kappa shape index (κ2) is 7.61. The van der Waals surface area contributed by atoms with Gasteiger partial charge in [-0.3, -0.25) is 4.79 Å². The minimum atomic E-state index is 0.129. The lowest BCUT2D eigenvalue weighted by molar-refractivity contribution is 0.0746. The van der Waals surface area contributed by atoms with Crippen molar-refractivity contribution in [3.05, 3.63) is 21.4 Å². The minimum Gasteiger partial charge on any atom is -0.393 e. The molecule has 0 saturated heterocycles. The molecule has 2 rings (SSSR count). The molecule has 2 heterocycles. The van der Waals surface area contributed by atoms with Gasteiger partial charge in [0.05, 0.1) is 9.87 Å². The monoisotopic (exact) mass is 342 g/mol. The Morgan fingerprint density at radius 2 is 2.29 bits per heavy atom. The van der Waals surface area contributed by atoms with E-state index in [0.29, 0.717) is 23.9 Å². The second-order valence-corrected chi connectivity index (χ2v) is 8.49. The summed E-state index contributed by atoms with van der Waals surface area (Å²) in [7, 11) is 0. The van der Waals surface area contributed by atoms with Crippen LogP contribution in [0.5, 0.6) is 0 Å². The van der Waals surface area contributed by atoms with Crippen molar-refractivity contribution >= 4 is 46.2 Å². The first-order valence-corrected chi connectivity index (χ1v) is 9.62. The smallest absolute Gasteiger partial charge is 0.263 e. The molecule has 0 unspecified atom stereocenters. The van der Waals surface area contributed by atoms with Crippen molar-refractivity contribution in [2.75, 3.05) is 18.8 Å².